The zero-order valence-electron chi connectivity index (χ0n) is 13.9. The summed E-state index contributed by atoms with van der Waals surface area (Å²) in [5.41, 5.74) is -1.37. The Morgan fingerprint density at radius 2 is 2.27 bits per heavy atom. The van der Waals surface area contributed by atoms with Gasteiger partial charge in [-0.3, -0.25) is 19.1 Å². The van der Waals surface area contributed by atoms with Crippen LogP contribution < -0.4 is 16.6 Å². The van der Waals surface area contributed by atoms with Crippen molar-refractivity contribution >= 4 is 5.91 Å². The molecule has 1 aromatic rings. The highest BCUT2D eigenvalue weighted by atomic mass is 16.5. The second-order valence-electron chi connectivity index (χ2n) is 5.61. The maximum Gasteiger partial charge on any atom is 0.330 e. The first-order valence-corrected chi connectivity index (χ1v) is 7.95. The molecule has 0 aliphatic carbocycles. The van der Waals surface area contributed by atoms with E-state index >= 15 is 0 Å². The Labute approximate surface area is 149 Å². The molecule has 0 spiro atoms. The number of aromatic amines is 1. The molecule has 26 heavy (non-hydrogen) atoms. The van der Waals surface area contributed by atoms with Crippen molar-refractivity contribution in [3.8, 4) is 24.2 Å². The molecule has 1 amide bonds. The van der Waals surface area contributed by atoms with E-state index in [-0.39, 0.29) is 37.5 Å². The van der Waals surface area contributed by atoms with Gasteiger partial charge in [0.05, 0.1) is 19.3 Å². The summed E-state index contributed by atoms with van der Waals surface area (Å²) in [7, 11) is 0. The third-order valence-electron chi connectivity index (χ3n) is 3.76. The lowest BCUT2D eigenvalue weighted by Crippen LogP contribution is -2.33. The number of hydrogen-bond donors (Lipinski definition) is 4. The fraction of sp³-hybridized carbons (Fsp3) is 0.471. The molecule has 1 saturated heterocycles. The van der Waals surface area contributed by atoms with Crippen LogP contribution in [0.3, 0.4) is 0 Å². The van der Waals surface area contributed by atoms with Crippen molar-refractivity contribution < 1.29 is 19.7 Å². The maximum absolute atomic E-state index is 12.0. The minimum Gasteiger partial charge on any atom is -0.394 e. The summed E-state index contributed by atoms with van der Waals surface area (Å²) in [5.74, 6) is 7.29. The molecule has 0 saturated carbocycles. The maximum atomic E-state index is 12.0. The number of hydrogen-bond acceptors (Lipinski definition) is 6. The number of H-pyrrole nitrogens is 1. The third kappa shape index (κ3) is 4.83. The molecule has 9 nitrogen and oxygen atoms in total. The van der Waals surface area contributed by atoms with Crippen molar-refractivity contribution in [3.63, 3.8) is 0 Å². The third-order valence-corrected chi connectivity index (χ3v) is 3.76. The van der Waals surface area contributed by atoms with E-state index in [1.54, 1.807) is 0 Å². The molecule has 4 N–H and O–H groups in total. The Balaban J connectivity index is 2.11. The first kappa shape index (κ1) is 19.5. The Morgan fingerprint density at radius 3 is 2.92 bits per heavy atom. The smallest absolute Gasteiger partial charge is 0.330 e. The molecule has 0 radical (unpaired) electrons. The first-order chi connectivity index (χ1) is 12.5. The van der Waals surface area contributed by atoms with E-state index in [0.717, 1.165) is 4.57 Å². The number of amides is 1. The molecular formula is C17H19N3O6. The summed E-state index contributed by atoms with van der Waals surface area (Å²) < 4.78 is 6.51. The Kier molecular flexibility index (Phi) is 6.75. The summed E-state index contributed by atoms with van der Waals surface area (Å²) in [5, 5.41) is 21.4. The van der Waals surface area contributed by atoms with Gasteiger partial charge in [0, 0.05) is 25.5 Å². The van der Waals surface area contributed by atoms with Gasteiger partial charge in [0.2, 0.25) is 5.91 Å². The minimum absolute atomic E-state index is 0.00742. The zero-order valence-corrected chi connectivity index (χ0v) is 13.9. The number of rotatable bonds is 5. The van der Waals surface area contributed by atoms with Gasteiger partial charge in [0.1, 0.15) is 17.9 Å². The predicted octanol–water partition coefficient (Wildman–Crippen LogP) is -1.94. The van der Waals surface area contributed by atoms with Crippen LogP contribution >= 0.6 is 0 Å². The quantitative estimate of drug-likeness (QED) is 0.451. The Bertz CT molecular complexity index is 869. The largest absolute Gasteiger partial charge is 0.394 e. The summed E-state index contributed by atoms with van der Waals surface area (Å²) in [6, 6.07) is 0. The number of ether oxygens (including phenoxy) is 1. The summed E-state index contributed by atoms with van der Waals surface area (Å²) in [6.45, 7) is -0.366. The number of aliphatic hydroxyl groups excluding tert-OH is 2. The Hall–Kier alpha value is -2.85. The lowest BCUT2D eigenvalue weighted by molar-refractivity contribution is -0.120. The number of carbonyl (C=O) groups is 1. The van der Waals surface area contributed by atoms with Crippen LogP contribution in [0.25, 0.3) is 0 Å². The number of aliphatic hydroxyl groups is 2. The van der Waals surface area contributed by atoms with Gasteiger partial charge in [0.25, 0.3) is 5.56 Å². The van der Waals surface area contributed by atoms with Gasteiger partial charge in [-0.25, -0.2) is 4.79 Å². The van der Waals surface area contributed by atoms with E-state index in [0.29, 0.717) is 6.42 Å². The highest BCUT2D eigenvalue weighted by Crippen LogP contribution is 2.27. The van der Waals surface area contributed by atoms with Crippen molar-refractivity contribution in [2.75, 3.05) is 13.2 Å². The number of nitrogens with zero attached hydrogens (tertiary/aromatic N) is 1. The predicted molar refractivity (Wildman–Crippen MR) is 90.9 cm³/mol. The Morgan fingerprint density at radius 1 is 1.50 bits per heavy atom. The van der Waals surface area contributed by atoms with Crippen LogP contribution in [0.4, 0.5) is 0 Å². The molecule has 1 aromatic heterocycles. The standard InChI is InChI=1S/C17H19N3O6/c1-2-3-6-14(23)18-7-4-5-11-9-20(17(25)19-16(11)24)15-8-12(22)13(10-21)26-15/h1,9,12-13,15,21-22H,3,6-8,10H2,(H,18,23)(H,19,24,25)/t12-,13+,15+/m0/s1. The van der Waals surface area contributed by atoms with Crippen LogP contribution in [0, 0.1) is 24.2 Å². The normalized spacial score (nSPS) is 21.5. The van der Waals surface area contributed by atoms with Gasteiger partial charge >= 0.3 is 5.69 Å². The van der Waals surface area contributed by atoms with Crippen molar-refractivity contribution in [3.05, 3.63) is 32.6 Å². The molecule has 138 valence electrons. The fourth-order valence-corrected chi connectivity index (χ4v) is 2.39. The lowest BCUT2D eigenvalue weighted by atomic mass is 10.2. The first-order valence-electron chi connectivity index (χ1n) is 7.95. The molecule has 0 unspecified atom stereocenters. The van der Waals surface area contributed by atoms with Gasteiger partial charge < -0.3 is 20.3 Å². The average molecular weight is 361 g/mol. The van der Waals surface area contributed by atoms with Crippen molar-refractivity contribution in [2.45, 2.75) is 37.7 Å². The zero-order chi connectivity index (χ0) is 19.1. The van der Waals surface area contributed by atoms with E-state index in [1.165, 1.54) is 6.20 Å². The van der Waals surface area contributed by atoms with Crippen LogP contribution in [0.15, 0.2) is 15.8 Å². The number of aromatic nitrogens is 2. The van der Waals surface area contributed by atoms with Crippen LogP contribution in [-0.2, 0) is 9.53 Å². The molecule has 1 fully saturated rings. The summed E-state index contributed by atoms with van der Waals surface area (Å²) in [4.78, 5) is 37.3. The molecule has 1 aliphatic rings. The molecule has 2 heterocycles. The highest BCUT2D eigenvalue weighted by Gasteiger charge is 2.35. The van der Waals surface area contributed by atoms with Gasteiger partial charge in [-0.15, -0.1) is 12.3 Å². The van der Waals surface area contributed by atoms with Crippen molar-refractivity contribution in [1.29, 1.82) is 0 Å². The van der Waals surface area contributed by atoms with E-state index in [2.05, 4.69) is 28.1 Å². The molecule has 9 heteroatoms. The molecule has 0 bridgehead atoms. The van der Waals surface area contributed by atoms with Crippen LogP contribution in [0.2, 0.25) is 0 Å². The van der Waals surface area contributed by atoms with Gasteiger partial charge in [-0.2, -0.15) is 0 Å². The van der Waals surface area contributed by atoms with Crippen molar-refractivity contribution in [1.82, 2.24) is 14.9 Å². The topological polar surface area (TPSA) is 134 Å². The molecule has 2 rings (SSSR count). The lowest BCUT2D eigenvalue weighted by Gasteiger charge is -2.14. The number of carbonyl (C=O) groups excluding carboxylic acids is 1. The molecular weight excluding hydrogens is 342 g/mol. The van der Waals surface area contributed by atoms with Gasteiger partial charge in [0.15, 0.2) is 0 Å². The van der Waals surface area contributed by atoms with Crippen LogP contribution in [0.1, 0.15) is 31.1 Å². The second-order valence-corrected chi connectivity index (χ2v) is 5.61. The van der Waals surface area contributed by atoms with E-state index < -0.39 is 29.7 Å². The number of terminal acetylenes is 1. The van der Waals surface area contributed by atoms with E-state index in [4.69, 9.17) is 16.3 Å². The van der Waals surface area contributed by atoms with Crippen LogP contribution in [0.5, 0.6) is 0 Å². The van der Waals surface area contributed by atoms with Crippen LogP contribution in [-0.4, -0.2) is 51.0 Å². The molecule has 1 aliphatic heterocycles. The summed E-state index contributed by atoms with van der Waals surface area (Å²) in [6.07, 6.45) is 4.36. The SMILES string of the molecule is C#CCCC(=O)NCC#Cc1cn([C@H]2C[C@H](O)[C@@H](CO)O2)c(=O)[nH]c1=O. The van der Waals surface area contributed by atoms with Gasteiger partial charge in [-0.05, 0) is 0 Å². The fourth-order valence-electron chi connectivity index (χ4n) is 2.39. The number of nitrogens with one attached hydrogen (secondary N) is 2. The van der Waals surface area contributed by atoms with Gasteiger partial charge in [-0.1, -0.05) is 11.8 Å². The minimum atomic E-state index is -0.920. The van der Waals surface area contributed by atoms with Crippen molar-refractivity contribution in [2.24, 2.45) is 0 Å². The van der Waals surface area contributed by atoms with E-state index in [1.807, 2.05) is 0 Å². The highest BCUT2D eigenvalue weighted by molar-refractivity contribution is 5.76. The monoisotopic (exact) mass is 361 g/mol. The second kappa shape index (κ2) is 9.02. The van der Waals surface area contributed by atoms with E-state index in [9.17, 15) is 19.5 Å². The average Bonchev–Trinajstić information content (AvgIpc) is 2.98. The summed E-state index contributed by atoms with van der Waals surface area (Å²) >= 11 is 0. The molecule has 3 atom stereocenters. The molecule has 0 aromatic carbocycles.